The Morgan fingerprint density at radius 3 is 2.56 bits per heavy atom. The van der Waals surface area contributed by atoms with Gasteiger partial charge >= 0.3 is 0 Å². The number of carbonyl (C=O) groups is 1. The maximum atomic E-state index is 12.6. The zero-order chi connectivity index (χ0) is 18.6. The van der Waals surface area contributed by atoms with E-state index < -0.39 is 0 Å². The van der Waals surface area contributed by atoms with Crippen LogP contribution in [0.3, 0.4) is 0 Å². The number of hydrogen-bond acceptors (Lipinski definition) is 5. The van der Waals surface area contributed by atoms with E-state index in [1.807, 2.05) is 54.6 Å². The summed E-state index contributed by atoms with van der Waals surface area (Å²) in [5.41, 5.74) is 1.32. The molecule has 3 aromatic carbocycles. The molecule has 0 aliphatic rings. The van der Waals surface area contributed by atoms with Gasteiger partial charge in [-0.3, -0.25) is 10.1 Å². The second-order valence-corrected chi connectivity index (χ2v) is 6.78. The van der Waals surface area contributed by atoms with Crippen LogP contribution in [0.5, 0.6) is 17.2 Å². The molecule has 0 unspecified atom stereocenters. The minimum atomic E-state index is -0.237. The van der Waals surface area contributed by atoms with Gasteiger partial charge in [0.15, 0.2) is 5.13 Å². The van der Waals surface area contributed by atoms with Gasteiger partial charge in [0.2, 0.25) is 0 Å². The quantitative estimate of drug-likeness (QED) is 0.510. The van der Waals surface area contributed by atoms with Crippen LogP contribution in [-0.2, 0) is 0 Å². The molecule has 0 spiro atoms. The fourth-order valence-electron chi connectivity index (χ4n) is 2.58. The average Bonchev–Trinajstić information content (AvgIpc) is 3.10. The second kappa shape index (κ2) is 7.47. The van der Waals surface area contributed by atoms with Crippen molar-refractivity contribution in [2.24, 2.45) is 0 Å². The van der Waals surface area contributed by atoms with Gasteiger partial charge in [-0.1, -0.05) is 35.6 Å². The van der Waals surface area contributed by atoms with Crippen LogP contribution in [0.2, 0.25) is 0 Å². The van der Waals surface area contributed by atoms with Crippen molar-refractivity contribution in [1.82, 2.24) is 4.98 Å². The summed E-state index contributed by atoms with van der Waals surface area (Å²) in [6.45, 7) is 0. The zero-order valence-corrected chi connectivity index (χ0v) is 15.3. The highest BCUT2D eigenvalue weighted by molar-refractivity contribution is 7.22. The first-order valence-corrected chi connectivity index (χ1v) is 9.12. The number of carbonyl (C=O) groups excluding carboxylic acids is 1. The van der Waals surface area contributed by atoms with Gasteiger partial charge in [0.05, 0.1) is 17.3 Å². The molecule has 27 heavy (non-hydrogen) atoms. The molecule has 1 heterocycles. The molecule has 6 heteroatoms. The topological polar surface area (TPSA) is 60.5 Å². The fraction of sp³-hybridized carbons (Fsp3) is 0.0476. The summed E-state index contributed by atoms with van der Waals surface area (Å²) in [7, 11) is 1.62. The van der Waals surface area contributed by atoms with Crippen LogP contribution in [0, 0.1) is 0 Å². The van der Waals surface area contributed by atoms with E-state index in [0.29, 0.717) is 16.4 Å². The van der Waals surface area contributed by atoms with E-state index in [1.165, 1.54) is 11.3 Å². The Morgan fingerprint density at radius 2 is 1.74 bits per heavy atom. The standard InChI is InChI=1S/C21H16N2O3S/c1-25-16-10-11-18-19(13-16)27-21(22-18)23-20(24)14-6-5-9-17(12-14)26-15-7-3-2-4-8-15/h2-13H,1H3,(H,22,23,24). The van der Waals surface area contributed by atoms with Gasteiger partial charge in [-0.25, -0.2) is 4.98 Å². The molecule has 4 aromatic rings. The predicted molar refractivity (Wildman–Crippen MR) is 107 cm³/mol. The van der Waals surface area contributed by atoms with Crippen molar-refractivity contribution >= 4 is 32.6 Å². The Balaban J connectivity index is 1.52. The van der Waals surface area contributed by atoms with Crippen LogP contribution in [-0.4, -0.2) is 18.0 Å². The minimum Gasteiger partial charge on any atom is -0.497 e. The van der Waals surface area contributed by atoms with Gasteiger partial charge in [-0.05, 0) is 48.5 Å². The Kier molecular flexibility index (Phi) is 4.72. The second-order valence-electron chi connectivity index (χ2n) is 5.75. The van der Waals surface area contributed by atoms with Crippen LogP contribution in [0.4, 0.5) is 5.13 Å². The maximum Gasteiger partial charge on any atom is 0.257 e. The predicted octanol–water partition coefficient (Wildman–Crippen LogP) is 5.35. The summed E-state index contributed by atoms with van der Waals surface area (Å²) in [4.78, 5) is 17.0. The Hall–Kier alpha value is -3.38. The Bertz CT molecular complexity index is 1090. The fourth-order valence-corrected chi connectivity index (χ4v) is 3.47. The molecule has 0 fully saturated rings. The third-order valence-corrected chi connectivity index (χ3v) is 4.82. The number of benzene rings is 3. The molecular formula is C21H16N2O3S. The summed E-state index contributed by atoms with van der Waals surface area (Å²) < 4.78 is 12.0. The molecule has 1 amide bonds. The summed E-state index contributed by atoms with van der Waals surface area (Å²) in [6.07, 6.45) is 0. The van der Waals surface area contributed by atoms with Gasteiger partial charge in [0.25, 0.3) is 5.91 Å². The van der Waals surface area contributed by atoms with Gasteiger partial charge in [0.1, 0.15) is 17.2 Å². The number of nitrogens with zero attached hydrogens (tertiary/aromatic N) is 1. The van der Waals surface area contributed by atoms with Crippen LogP contribution in [0.25, 0.3) is 10.2 Å². The van der Waals surface area contributed by atoms with Crippen molar-refractivity contribution in [2.45, 2.75) is 0 Å². The van der Waals surface area contributed by atoms with Crippen molar-refractivity contribution in [3.8, 4) is 17.2 Å². The smallest absolute Gasteiger partial charge is 0.257 e. The molecule has 0 aliphatic heterocycles. The van der Waals surface area contributed by atoms with Crippen LogP contribution in [0.1, 0.15) is 10.4 Å². The number of hydrogen-bond donors (Lipinski definition) is 1. The lowest BCUT2D eigenvalue weighted by Crippen LogP contribution is -2.11. The molecule has 1 aromatic heterocycles. The molecular weight excluding hydrogens is 360 g/mol. The summed E-state index contributed by atoms with van der Waals surface area (Å²) in [5.74, 6) is 1.84. The molecule has 4 rings (SSSR count). The van der Waals surface area contributed by atoms with E-state index in [2.05, 4.69) is 10.3 Å². The molecule has 134 valence electrons. The first kappa shape index (κ1) is 17.1. The molecule has 0 saturated heterocycles. The van der Waals surface area contributed by atoms with Crippen molar-refractivity contribution in [3.05, 3.63) is 78.4 Å². The number of ether oxygens (including phenoxy) is 2. The van der Waals surface area contributed by atoms with E-state index in [-0.39, 0.29) is 5.91 Å². The zero-order valence-electron chi connectivity index (χ0n) is 14.5. The van der Waals surface area contributed by atoms with Crippen LogP contribution in [0.15, 0.2) is 72.8 Å². The van der Waals surface area contributed by atoms with Gasteiger partial charge in [-0.15, -0.1) is 0 Å². The number of methoxy groups -OCH3 is 1. The molecule has 0 saturated carbocycles. The first-order valence-electron chi connectivity index (χ1n) is 8.30. The van der Waals surface area contributed by atoms with Gasteiger partial charge < -0.3 is 9.47 Å². The lowest BCUT2D eigenvalue weighted by Gasteiger charge is -2.07. The normalized spacial score (nSPS) is 10.6. The molecule has 0 bridgehead atoms. The number of fused-ring (bicyclic) bond motifs is 1. The van der Waals surface area contributed by atoms with E-state index in [4.69, 9.17) is 9.47 Å². The average molecular weight is 376 g/mol. The monoisotopic (exact) mass is 376 g/mol. The van der Waals surface area contributed by atoms with E-state index in [9.17, 15) is 4.79 Å². The molecule has 0 aliphatic carbocycles. The number of nitrogens with one attached hydrogen (secondary N) is 1. The highest BCUT2D eigenvalue weighted by atomic mass is 32.1. The lowest BCUT2D eigenvalue weighted by molar-refractivity contribution is 0.102. The molecule has 0 radical (unpaired) electrons. The molecule has 1 N–H and O–H groups in total. The Labute approximate surface area is 160 Å². The van der Waals surface area contributed by atoms with Crippen molar-refractivity contribution in [1.29, 1.82) is 0 Å². The number of rotatable bonds is 5. The summed E-state index contributed by atoms with van der Waals surface area (Å²) >= 11 is 1.40. The maximum absolute atomic E-state index is 12.6. The largest absolute Gasteiger partial charge is 0.497 e. The van der Waals surface area contributed by atoms with Crippen molar-refractivity contribution in [2.75, 3.05) is 12.4 Å². The number of para-hydroxylation sites is 1. The highest BCUT2D eigenvalue weighted by Crippen LogP contribution is 2.29. The number of anilines is 1. The first-order chi connectivity index (χ1) is 13.2. The van der Waals surface area contributed by atoms with Gasteiger partial charge in [-0.2, -0.15) is 0 Å². The third kappa shape index (κ3) is 3.91. The third-order valence-electron chi connectivity index (χ3n) is 3.89. The van der Waals surface area contributed by atoms with Crippen LogP contribution < -0.4 is 14.8 Å². The minimum absolute atomic E-state index is 0.237. The van der Waals surface area contributed by atoms with Crippen molar-refractivity contribution in [3.63, 3.8) is 0 Å². The SMILES string of the molecule is COc1ccc2nc(NC(=O)c3cccc(Oc4ccccc4)c3)sc2c1. The van der Waals surface area contributed by atoms with Gasteiger partial charge in [0, 0.05) is 5.56 Å². The van der Waals surface area contributed by atoms with Crippen LogP contribution >= 0.6 is 11.3 Å². The van der Waals surface area contributed by atoms with E-state index in [1.54, 1.807) is 25.3 Å². The van der Waals surface area contributed by atoms with Crippen molar-refractivity contribution < 1.29 is 14.3 Å². The molecule has 5 nitrogen and oxygen atoms in total. The summed E-state index contributed by atoms with van der Waals surface area (Å²) in [6, 6.07) is 22.1. The number of thiazole rings is 1. The van der Waals surface area contributed by atoms with E-state index in [0.717, 1.165) is 21.7 Å². The summed E-state index contributed by atoms with van der Waals surface area (Å²) in [5, 5.41) is 3.39. The number of amides is 1. The lowest BCUT2D eigenvalue weighted by atomic mass is 10.2. The Morgan fingerprint density at radius 1 is 0.926 bits per heavy atom. The highest BCUT2D eigenvalue weighted by Gasteiger charge is 2.11. The van der Waals surface area contributed by atoms with E-state index >= 15 is 0 Å². The molecule has 0 atom stereocenters. The number of aromatic nitrogens is 1.